The topological polar surface area (TPSA) is 40.1 Å². The first-order valence-electron chi connectivity index (χ1n) is 9.68. The van der Waals surface area contributed by atoms with Gasteiger partial charge in [0.15, 0.2) is 5.96 Å². The van der Waals surface area contributed by atoms with Gasteiger partial charge in [0.1, 0.15) is 5.82 Å². The van der Waals surface area contributed by atoms with Crippen LogP contribution in [0.25, 0.3) is 0 Å². The summed E-state index contributed by atoms with van der Waals surface area (Å²) >= 11 is 0. The largest absolute Gasteiger partial charge is 0.379 e. The molecule has 6 heteroatoms. The molecule has 3 rings (SSSR count). The Morgan fingerprint density at radius 1 is 1.11 bits per heavy atom. The molecule has 0 spiro atoms. The molecule has 1 saturated heterocycles. The molecule has 0 radical (unpaired) electrons. The molecular weight excluding hydrogens is 355 g/mol. The molecular formula is C22H29FN4O. The van der Waals surface area contributed by atoms with Gasteiger partial charge in [-0.1, -0.05) is 36.4 Å². The Labute approximate surface area is 166 Å². The third-order valence-electron chi connectivity index (χ3n) is 4.83. The number of guanidine groups is 1. The van der Waals surface area contributed by atoms with Gasteiger partial charge in [0, 0.05) is 46.8 Å². The van der Waals surface area contributed by atoms with Crippen molar-refractivity contribution in [1.29, 1.82) is 0 Å². The highest BCUT2D eigenvalue weighted by Crippen LogP contribution is 2.11. The molecule has 0 aromatic heterocycles. The Hall–Kier alpha value is -2.44. The summed E-state index contributed by atoms with van der Waals surface area (Å²) in [4.78, 5) is 8.76. The Kier molecular flexibility index (Phi) is 7.39. The van der Waals surface area contributed by atoms with Crippen LogP contribution in [0.3, 0.4) is 0 Å². The zero-order valence-corrected chi connectivity index (χ0v) is 16.7. The molecule has 1 heterocycles. The average molecular weight is 384 g/mol. The van der Waals surface area contributed by atoms with E-state index in [9.17, 15) is 4.39 Å². The first-order valence-corrected chi connectivity index (χ1v) is 9.68. The second kappa shape index (κ2) is 10.2. The van der Waals surface area contributed by atoms with Crippen molar-refractivity contribution in [1.82, 2.24) is 15.1 Å². The molecule has 1 fully saturated rings. The second-order valence-corrected chi connectivity index (χ2v) is 7.10. The van der Waals surface area contributed by atoms with Gasteiger partial charge in [0.05, 0.1) is 13.2 Å². The van der Waals surface area contributed by atoms with E-state index < -0.39 is 0 Å². The fourth-order valence-corrected chi connectivity index (χ4v) is 3.41. The molecule has 150 valence electrons. The van der Waals surface area contributed by atoms with Crippen molar-refractivity contribution < 1.29 is 9.13 Å². The Morgan fingerprint density at radius 2 is 1.82 bits per heavy atom. The lowest BCUT2D eigenvalue weighted by molar-refractivity contribution is 0.0342. The van der Waals surface area contributed by atoms with Crippen LogP contribution in [0.15, 0.2) is 53.5 Å². The van der Waals surface area contributed by atoms with Crippen LogP contribution in [0.5, 0.6) is 0 Å². The van der Waals surface area contributed by atoms with Crippen molar-refractivity contribution in [2.45, 2.75) is 19.6 Å². The van der Waals surface area contributed by atoms with Crippen LogP contribution in [0, 0.1) is 5.82 Å². The maximum Gasteiger partial charge on any atom is 0.193 e. The normalized spacial score (nSPS) is 15.5. The van der Waals surface area contributed by atoms with Crippen molar-refractivity contribution in [2.24, 2.45) is 4.99 Å². The van der Waals surface area contributed by atoms with E-state index in [0.717, 1.165) is 44.4 Å². The summed E-state index contributed by atoms with van der Waals surface area (Å²) in [5, 5.41) is 3.40. The lowest BCUT2D eigenvalue weighted by atomic mass is 10.1. The number of halogens is 1. The SMILES string of the molecule is CN=C(NCc1cccc(CN2CCOCC2)c1)N(C)Cc1cccc(F)c1. The molecule has 0 amide bonds. The second-order valence-electron chi connectivity index (χ2n) is 7.10. The van der Waals surface area contributed by atoms with Gasteiger partial charge >= 0.3 is 0 Å². The van der Waals surface area contributed by atoms with E-state index in [4.69, 9.17) is 4.74 Å². The van der Waals surface area contributed by atoms with E-state index in [1.54, 1.807) is 19.2 Å². The number of nitrogens with one attached hydrogen (secondary N) is 1. The van der Waals surface area contributed by atoms with E-state index in [1.807, 2.05) is 18.0 Å². The van der Waals surface area contributed by atoms with E-state index in [1.165, 1.54) is 17.2 Å². The van der Waals surface area contributed by atoms with Gasteiger partial charge < -0.3 is 15.0 Å². The number of ether oxygens (including phenoxy) is 1. The van der Waals surface area contributed by atoms with Gasteiger partial charge in [-0.2, -0.15) is 0 Å². The summed E-state index contributed by atoms with van der Waals surface area (Å²) < 4.78 is 18.8. The molecule has 0 unspecified atom stereocenters. The van der Waals surface area contributed by atoms with Crippen LogP contribution in [0.2, 0.25) is 0 Å². The number of rotatable bonds is 6. The van der Waals surface area contributed by atoms with Crippen LogP contribution in [-0.2, 0) is 24.4 Å². The molecule has 2 aromatic carbocycles. The highest BCUT2D eigenvalue weighted by molar-refractivity contribution is 5.79. The minimum absolute atomic E-state index is 0.217. The average Bonchev–Trinajstić information content (AvgIpc) is 2.69. The van der Waals surface area contributed by atoms with Gasteiger partial charge in [-0.05, 0) is 28.8 Å². The van der Waals surface area contributed by atoms with Crippen molar-refractivity contribution in [2.75, 3.05) is 40.4 Å². The van der Waals surface area contributed by atoms with Gasteiger partial charge in [0.25, 0.3) is 0 Å². The van der Waals surface area contributed by atoms with Crippen LogP contribution in [0.4, 0.5) is 4.39 Å². The monoisotopic (exact) mass is 384 g/mol. The van der Waals surface area contributed by atoms with Crippen LogP contribution in [-0.4, -0.2) is 56.2 Å². The van der Waals surface area contributed by atoms with Crippen LogP contribution < -0.4 is 5.32 Å². The number of morpholine rings is 1. The molecule has 5 nitrogen and oxygen atoms in total. The third kappa shape index (κ3) is 6.04. The van der Waals surface area contributed by atoms with Gasteiger partial charge in [-0.25, -0.2) is 4.39 Å². The minimum Gasteiger partial charge on any atom is -0.379 e. The number of aliphatic imine (C=N–C) groups is 1. The third-order valence-corrected chi connectivity index (χ3v) is 4.83. The summed E-state index contributed by atoms with van der Waals surface area (Å²) in [6.45, 7) is 5.83. The number of nitrogens with zero attached hydrogens (tertiary/aromatic N) is 3. The molecule has 0 bridgehead atoms. The molecule has 28 heavy (non-hydrogen) atoms. The zero-order valence-electron chi connectivity index (χ0n) is 16.7. The Morgan fingerprint density at radius 3 is 2.57 bits per heavy atom. The Balaban J connectivity index is 1.54. The Bertz CT molecular complexity index is 790. The summed E-state index contributed by atoms with van der Waals surface area (Å²) in [6.07, 6.45) is 0. The van der Waals surface area contributed by atoms with E-state index in [-0.39, 0.29) is 5.82 Å². The quantitative estimate of drug-likeness (QED) is 0.614. The molecule has 0 atom stereocenters. The van der Waals surface area contributed by atoms with Crippen molar-refractivity contribution >= 4 is 5.96 Å². The minimum atomic E-state index is -0.217. The van der Waals surface area contributed by atoms with Gasteiger partial charge in [-0.15, -0.1) is 0 Å². The zero-order chi connectivity index (χ0) is 19.8. The summed E-state index contributed by atoms with van der Waals surface area (Å²) in [7, 11) is 3.72. The highest BCUT2D eigenvalue weighted by Gasteiger charge is 2.11. The lowest BCUT2D eigenvalue weighted by Gasteiger charge is -2.26. The highest BCUT2D eigenvalue weighted by atomic mass is 19.1. The predicted octanol–water partition coefficient (Wildman–Crippen LogP) is 2.87. The predicted molar refractivity (Wildman–Crippen MR) is 111 cm³/mol. The summed E-state index contributed by atoms with van der Waals surface area (Å²) in [6, 6.07) is 15.3. The van der Waals surface area contributed by atoms with E-state index in [2.05, 4.69) is 39.5 Å². The molecule has 2 aromatic rings. The maximum atomic E-state index is 13.4. The molecule has 0 aliphatic carbocycles. The van der Waals surface area contributed by atoms with Crippen molar-refractivity contribution in [3.63, 3.8) is 0 Å². The molecule has 1 N–H and O–H groups in total. The maximum absolute atomic E-state index is 13.4. The number of hydrogen-bond acceptors (Lipinski definition) is 3. The fourth-order valence-electron chi connectivity index (χ4n) is 3.41. The molecule has 1 aliphatic rings. The van der Waals surface area contributed by atoms with Gasteiger partial charge in [0.2, 0.25) is 0 Å². The smallest absolute Gasteiger partial charge is 0.193 e. The molecule has 0 saturated carbocycles. The van der Waals surface area contributed by atoms with Crippen LogP contribution >= 0.6 is 0 Å². The standard InChI is InChI=1S/C22H29FN4O/c1-24-22(26(2)16-20-7-4-8-21(23)14-20)25-15-18-5-3-6-19(13-18)17-27-9-11-28-12-10-27/h3-8,13-14H,9-12,15-17H2,1-2H3,(H,24,25). The van der Waals surface area contributed by atoms with E-state index in [0.29, 0.717) is 13.1 Å². The summed E-state index contributed by atoms with van der Waals surface area (Å²) in [5.41, 5.74) is 3.44. The first kappa shape index (κ1) is 20.3. The van der Waals surface area contributed by atoms with Crippen molar-refractivity contribution in [3.8, 4) is 0 Å². The van der Waals surface area contributed by atoms with Crippen molar-refractivity contribution in [3.05, 3.63) is 71.0 Å². The van der Waals surface area contributed by atoms with Crippen LogP contribution in [0.1, 0.15) is 16.7 Å². The number of benzene rings is 2. The fraction of sp³-hybridized carbons (Fsp3) is 0.409. The first-order chi connectivity index (χ1) is 13.6. The molecule has 1 aliphatic heterocycles. The number of hydrogen-bond donors (Lipinski definition) is 1. The lowest BCUT2D eigenvalue weighted by Crippen LogP contribution is -2.38. The van der Waals surface area contributed by atoms with E-state index >= 15 is 0 Å². The summed E-state index contributed by atoms with van der Waals surface area (Å²) in [5.74, 6) is 0.564. The van der Waals surface area contributed by atoms with Gasteiger partial charge in [-0.3, -0.25) is 9.89 Å².